The van der Waals surface area contributed by atoms with Crippen LogP contribution in [0.25, 0.3) is 0 Å². The van der Waals surface area contributed by atoms with Gasteiger partial charge in [-0.25, -0.2) is 0 Å². The molecule has 1 heterocycles. The second-order valence-corrected chi connectivity index (χ2v) is 12.7. The molecule has 2 fully saturated rings. The maximum Gasteiger partial charge on any atom is 0.247 e. The number of amides is 3. The Morgan fingerprint density at radius 2 is 1.67 bits per heavy atom. The second-order valence-electron chi connectivity index (χ2n) is 11.5. The van der Waals surface area contributed by atoms with E-state index >= 15 is 0 Å². The van der Waals surface area contributed by atoms with E-state index in [2.05, 4.69) is 10.6 Å². The highest BCUT2D eigenvalue weighted by atomic mass is 35.5. The number of carbonyl (C=O) groups excluding carboxylic acids is 3. The van der Waals surface area contributed by atoms with Gasteiger partial charge in [0.1, 0.15) is 25.0 Å². The summed E-state index contributed by atoms with van der Waals surface area (Å²) < 4.78 is 11.6. The molecule has 5 rings (SSSR count). The number of carbonyl (C=O) groups is 3. The zero-order valence-corrected chi connectivity index (χ0v) is 28.1. The number of nitrogens with one attached hydrogen (secondary N) is 2. The molecule has 0 radical (unpaired) electrons. The average molecular weight is 688 g/mol. The van der Waals surface area contributed by atoms with Gasteiger partial charge >= 0.3 is 0 Å². The van der Waals surface area contributed by atoms with E-state index < -0.39 is 6.04 Å². The summed E-state index contributed by atoms with van der Waals surface area (Å²) in [4.78, 5) is 42.5. The van der Waals surface area contributed by atoms with Crippen molar-refractivity contribution >= 4 is 58.2 Å². The highest BCUT2D eigenvalue weighted by molar-refractivity contribution is 6.37. The number of rotatable bonds is 13. The molecule has 2 N–H and O–H groups in total. The molecule has 1 saturated carbocycles. The Morgan fingerprint density at radius 3 is 2.35 bits per heavy atom. The number of hydrogen-bond donors (Lipinski definition) is 2. The molecule has 1 atom stereocenters. The average Bonchev–Trinajstić information content (AvgIpc) is 3.88. The van der Waals surface area contributed by atoms with Gasteiger partial charge in [0.2, 0.25) is 17.7 Å². The van der Waals surface area contributed by atoms with E-state index in [9.17, 15) is 14.4 Å². The Labute approximate surface area is 284 Å². The fourth-order valence-electron chi connectivity index (χ4n) is 5.45. The molecule has 0 aromatic heterocycles. The lowest BCUT2D eigenvalue weighted by Crippen LogP contribution is -2.61. The molecule has 1 saturated heterocycles. The SMILES string of the molecule is CNC(=O)CCc1ccc(Cl)c(CN(C(=O)[C@H]2CNCC(=O)N2c2ccc(OCCOc3c(Cl)cc(C)cc3Cl)cc2)C2CC2)c1. The van der Waals surface area contributed by atoms with E-state index in [1.807, 2.05) is 30.0 Å². The highest BCUT2D eigenvalue weighted by Crippen LogP contribution is 2.35. The lowest BCUT2D eigenvalue weighted by Gasteiger charge is -2.38. The van der Waals surface area contributed by atoms with Gasteiger partial charge < -0.3 is 25.0 Å². The Balaban J connectivity index is 1.24. The molecule has 0 unspecified atom stereocenters. The van der Waals surface area contributed by atoms with Crippen LogP contribution >= 0.6 is 34.8 Å². The van der Waals surface area contributed by atoms with Gasteiger partial charge in [0.05, 0.1) is 16.6 Å². The molecule has 3 aromatic carbocycles. The summed E-state index contributed by atoms with van der Waals surface area (Å²) in [6.07, 6.45) is 2.72. The van der Waals surface area contributed by atoms with E-state index in [-0.39, 0.29) is 43.5 Å². The van der Waals surface area contributed by atoms with Gasteiger partial charge in [-0.15, -0.1) is 0 Å². The fourth-order valence-corrected chi connectivity index (χ4v) is 6.34. The van der Waals surface area contributed by atoms with Crippen molar-refractivity contribution in [3.8, 4) is 11.5 Å². The molecule has 9 nitrogen and oxygen atoms in total. The number of halogens is 3. The maximum atomic E-state index is 14.1. The molecular formula is C34H37Cl3N4O5. The normalized spacial score (nSPS) is 16.2. The minimum atomic E-state index is -0.721. The van der Waals surface area contributed by atoms with Crippen LogP contribution in [-0.4, -0.2) is 68.1 Å². The number of hydrogen-bond acceptors (Lipinski definition) is 6. The minimum absolute atomic E-state index is 0.0386. The quantitative estimate of drug-likeness (QED) is 0.228. The van der Waals surface area contributed by atoms with Gasteiger partial charge in [0.15, 0.2) is 5.75 Å². The summed E-state index contributed by atoms with van der Waals surface area (Å²) in [6, 6.07) is 15.7. The van der Waals surface area contributed by atoms with Crippen molar-refractivity contribution in [2.75, 3.05) is 38.3 Å². The molecule has 3 amide bonds. The number of nitrogens with zero attached hydrogens (tertiary/aromatic N) is 2. The smallest absolute Gasteiger partial charge is 0.247 e. The van der Waals surface area contributed by atoms with Crippen molar-refractivity contribution in [3.63, 3.8) is 0 Å². The Bertz CT molecular complexity index is 1560. The first kappa shape index (κ1) is 33.9. The van der Waals surface area contributed by atoms with Crippen LogP contribution in [0.15, 0.2) is 54.6 Å². The van der Waals surface area contributed by atoms with Crippen molar-refractivity contribution < 1.29 is 23.9 Å². The van der Waals surface area contributed by atoms with Crippen LogP contribution in [0.2, 0.25) is 15.1 Å². The third-order valence-corrected chi connectivity index (χ3v) is 8.91. The number of benzene rings is 3. The third kappa shape index (κ3) is 8.45. The van der Waals surface area contributed by atoms with Gasteiger partial charge in [-0.1, -0.05) is 46.9 Å². The molecule has 244 valence electrons. The van der Waals surface area contributed by atoms with E-state index in [0.29, 0.717) is 58.2 Å². The van der Waals surface area contributed by atoms with Crippen LogP contribution in [0.1, 0.15) is 36.0 Å². The van der Waals surface area contributed by atoms with Gasteiger partial charge in [0, 0.05) is 43.3 Å². The fraction of sp³-hybridized carbons (Fsp3) is 0.382. The van der Waals surface area contributed by atoms with Crippen LogP contribution in [0.4, 0.5) is 5.69 Å². The summed E-state index contributed by atoms with van der Waals surface area (Å²) in [5.41, 5.74) is 3.34. The summed E-state index contributed by atoms with van der Waals surface area (Å²) in [5.74, 6) is 0.633. The van der Waals surface area contributed by atoms with E-state index in [1.165, 1.54) is 0 Å². The molecule has 1 aliphatic carbocycles. The van der Waals surface area contributed by atoms with Crippen molar-refractivity contribution in [1.82, 2.24) is 15.5 Å². The third-order valence-electron chi connectivity index (χ3n) is 7.98. The molecule has 1 aliphatic heterocycles. The van der Waals surface area contributed by atoms with Crippen LogP contribution in [0.3, 0.4) is 0 Å². The van der Waals surface area contributed by atoms with Gasteiger partial charge in [-0.05, 0) is 85.3 Å². The first-order chi connectivity index (χ1) is 22.1. The topological polar surface area (TPSA) is 100 Å². The van der Waals surface area contributed by atoms with E-state index in [1.54, 1.807) is 48.3 Å². The first-order valence-corrected chi connectivity index (χ1v) is 16.4. The highest BCUT2D eigenvalue weighted by Gasteiger charge is 2.41. The molecular weight excluding hydrogens is 651 g/mol. The Hall–Kier alpha value is -3.50. The monoisotopic (exact) mass is 686 g/mol. The molecule has 2 aliphatic rings. The lowest BCUT2D eigenvalue weighted by atomic mass is 10.0. The van der Waals surface area contributed by atoms with Gasteiger partial charge in [-0.2, -0.15) is 0 Å². The van der Waals surface area contributed by atoms with E-state index in [4.69, 9.17) is 44.3 Å². The first-order valence-electron chi connectivity index (χ1n) is 15.3. The molecule has 12 heteroatoms. The second kappa shape index (κ2) is 15.4. The van der Waals surface area contributed by atoms with Crippen LogP contribution in [-0.2, 0) is 27.3 Å². The molecule has 3 aromatic rings. The minimum Gasteiger partial charge on any atom is -0.490 e. The van der Waals surface area contributed by atoms with E-state index in [0.717, 1.165) is 29.5 Å². The summed E-state index contributed by atoms with van der Waals surface area (Å²) >= 11 is 19.1. The van der Waals surface area contributed by atoms with Crippen LogP contribution in [0.5, 0.6) is 11.5 Å². The number of aryl methyl sites for hydroxylation is 2. The summed E-state index contributed by atoms with van der Waals surface area (Å²) in [7, 11) is 1.61. The van der Waals surface area contributed by atoms with Crippen molar-refractivity contribution in [1.29, 1.82) is 0 Å². The lowest BCUT2D eigenvalue weighted by molar-refractivity contribution is -0.136. The molecule has 46 heavy (non-hydrogen) atoms. The van der Waals surface area contributed by atoms with Crippen LogP contribution in [0, 0.1) is 6.92 Å². The summed E-state index contributed by atoms with van der Waals surface area (Å²) in [5, 5.41) is 7.18. The van der Waals surface area contributed by atoms with Gasteiger partial charge in [-0.3, -0.25) is 19.3 Å². The number of anilines is 1. The Morgan fingerprint density at radius 1 is 0.978 bits per heavy atom. The number of piperazine rings is 1. The zero-order chi connectivity index (χ0) is 32.8. The predicted octanol–water partition coefficient (Wildman–Crippen LogP) is 5.59. The molecule has 0 spiro atoms. The van der Waals surface area contributed by atoms with Crippen molar-refractivity contribution in [3.05, 3.63) is 86.4 Å². The maximum absolute atomic E-state index is 14.1. The molecule has 0 bridgehead atoms. The zero-order valence-electron chi connectivity index (χ0n) is 25.8. The largest absolute Gasteiger partial charge is 0.490 e. The standard InChI is InChI=1S/C34H37Cl3N4O5/c1-21-15-28(36)33(29(37)16-21)46-14-13-45-26-9-7-25(8-10-26)41-30(18-39-19-32(41)43)34(44)40(24-5-6-24)20-23-17-22(3-11-27(23)35)4-12-31(42)38-2/h3,7-11,15-17,24,30,39H,4-6,12-14,18-20H2,1-2H3,(H,38,42)/t30-/m1/s1. The Kier molecular flexibility index (Phi) is 11.3. The van der Waals surface area contributed by atoms with Crippen LogP contribution < -0.4 is 25.0 Å². The van der Waals surface area contributed by atoms with Crippen molar-refractivity contribution in [2.45, 2.75) is 51.2 Å². The summed E-state index contributed by atoms with van der Waals surface area (Å²) in [6.45, 7) is 3.16. The van der Waals surface area contributed by atoms with Crippen molar-refractivity contribution in [2.24, 2.45) is 0 Å². The van der Waals surface area contributed by atoms with Gasteiger partial charge in [0.25, 0.3) is 0 Å². The number of ether oxygens (including phenoxy) is 2. The predicted molar refractivity (Wildman–Crippen MR) is 180 cm³/mol.